The maximum absolute atomic E-state index is 11.9. The minimum absolute atomic E-state index is 0.0184. The highest BCUT2D eigenvalue weighted by atomic mass is 32.2. The van der Waals surface area contributed by atoms with Crippen molar-refractivity contribution in [2.75, 3.05) is 31.3 Å². The van der Waals surface area contributed by atoms with E-state index in [0.717, 1.165) is 42.9 Å². The average Bonchev–Trinajstić information content (AvgIpc) is 3.01. The number of para-hydroxylation sites is 2. The van der Waals surface area contributed by atoms with Crippen LogP contribution in [0.5, 0.6) is 0 Å². The molecule has 0 atom stereocenters. The maximum Gasteiger partial charge on any atom is 0.257 e. The lowest BCUT2D eigenvalue weighted by Gasteiger charge is -2.21. The molecular formula is C16H20N2O3S2. The minimum atomic E-state index is 0.0184. The van der Waals surface area contributed by atoms with E-state index in [0.29, 0.717) is 22.8 Å². The van der Waals surface area contributed by atoms with Crippen molar-refractivity contribution in [3.8, 4) is 0 Å². The average molecular weight is 352 g/mol. The molecule has 23 heavy (non-hydrogen) atoms. The van der Waals surface area contributed by atoms with Gasteiger partial charge < -0.3 is 14.5 Å². The molecule has 0 radical (unpaired) electrons. The van der Waals surface area contributed by atoms with Crippen LogP contribution in [-0.2, 0) is 9.53 Å². The van der Waals surface area contributed by atoms with Gasteiger partial charge in [-0.2, -0.15) is 11.8 Å². The van der Waals surface area contributed by atoms with E-state index in [1.54, 1.807) is 0 Å². The number of oxazole rings is 1. The van der Waals surface area contributed by atoms with Crippen molar-refractivity contribution in [3.63, 3.8) is 0 Å². The van der Waals surface area contributed by atoms with E-state index < -0.39 is 0 Å². The summed E-state index contributed by atoms with van der Waals surface area (Å²) >= 11 is 3.25. The van der Waals surface area contributed by atoms with E-state index in [9.17, 15) is 4.79 Å². The molecule has 2 heterocycles. The van der Waals surface area contributed by atoms with Crippen LogP contribution in [0.15, 0.2) is 33.9 Å². The highest BCUT2D eigenvalue weighted by molar-refractivity contribution is 8.00. The molecule has 5 nitrogen and oxygen atoms in total. The Morgan fingerprint density at radius 1 is 1.30 bits per heavy atom. The fourth-order valence-electron chi connectivity index (χ4n) is 2.35. The smallest absolute Gasteiger partial charge is 0.257 e. The van der Waals surface area contributed by atoms with Gasteiger partial charge in [-0.05, 0) is 25.0 Å². The van der Waals surface area contributed by atoms with E-state index in [-0.39, 0.29) is 5.91 Å². The Hall–Kier alpha value is -1.18. The molecule has 7 heteroatoms. The number of fused-ring (bicyclic) bond motifs is 1. The third-order valence-corrected chi connectivity index (χ3v) is 5.76. The zero-order chi connectivity index (χ0) is 15.9. The molecule has 1 aromatic heterocycles. The zero-order valence-electron chi connectivity index (χ0n) is 12.8. The van der Waals surface area contributed by atoms with Crippen molar-refractivity contribution in [2.24, 2.45) is 0 Å². The summed E-state index contributed by atoms with van der Waals surface area (Å²) in [5.74, 6) is 1.29. The van der Waals surface area contributed by atoms with Gasteiger partial charge in [0.1, 0.15) is 5.52 Å². The first-order valence-corrected chi connectivity index (χ1v) is 9.79. The summed E-state index contributed by atoms with van der Waals surface area (Å²) in [6, 6.07) is 7.60. The fraction of sp³-hybridized carbons (Fsp3) is 0.500. The Labute approximate surface area is 143 Å². The second kappa shape index (κ2) is 8.61. The number of hydrogen-bond donors (Lipinski definition) is 1. The first-order chi connectivity index (χ1) is 11.3. The van der Waals surface area contributed by atoms with Crippen LogP contribution < -0.4 is 5.32 Å². The summed E-state index contributed by atoms with van der Waals surface area (Å²) in [5.41, 5.74) is 1.58. The van der Waals surface area contributed by atoms with E-state index in [1.165, 1.54) is 11.8 Å². The van der Waals surface area contributed by atoms with E-state index >= 15 is 0 Å². The molecule has 1 amide bonds. The lowest BCUT2D eigenvalue weighted by molar-refractivity contribution is -0.118. The first-order valence-electron chi connectivity index (χ1n) is 7.76. The topological polar surface area (TPSA) is 64.4 Å². The molecule has 124 valence electrons. The van der Waals surface area contributed by atoms with Gasteiger partial charge in [-0.25, -0.2) is 4.98 Å². The summed E-state index contributed by atoms with van der Waals surface area (Å²) in [7, 11) is 0. The summed E-state index contributed by atoms with van der Waals surface area (Å²) in [6.07, 6.45) is 2.23. The highest BCUT2D eigenvalue weighted by Gasteiger charge is 2.14. The summed E-state index contributed by atoms with van der Waals surface area (Å²) in [5, 5.41) is 4.16. The number of nitrogens with one attached hydrogen (secondary N) is 1. The van der Waals surface area contributed by atoms with Gasteiger partial charge >= 0.3 is 0 Å². The van der Waals surface area contributed by atoms with Crippen molar-refractivity contribution < 1.29 is 13.9 Å². The second-order valence-corrected chi connectivity index (χ2v) is 7.60. The number of amides is 1. The standard InChI is InChI=1S/C16H20N2O3S2/c19-15(17-7-10-22-12-5-8-20-9-6-12)11-23-16-18-13-3-1-2-4-14(13)21-16/h1-4,12H,5-11H2,(H,17,19). The quantitative estimate of drug-likeness (QED) is 0.610. The molecule has 0 saturated carbocycles. The van der Waals surface area contributed by atoms with Crippen molar-refractivity contribution >= 4 is 40.5 Å². The van der Waals surface area contributed by atoms with Crippen LogP contribution in [0.4, 0.5) is 0 Å². The van der Waals surface area contributed by atoms with Gasteiger partial charge in [-0.3, -0.25) is 4.79 Å². The lowest BCUT2D eigenvalue weighted by Crippen LogP contribution is -2.28. The third-order valence-electron chi connectivity index (χ3n) is 3.55. The van der Waals surface area contributed by atoms with Crippen LogP contribution in [0.1, 0.15) is 12.8 Å². The van der Waals surface area contributed by atoms with Crippen molar-refractivity contribution in [3.05, 3.63) is 24.3 Å². The van der Waals surface area contributed by atoms with Crippen LogP contribution in [0.25, 0.3) is 11.1 Å². The maximum atomic E-state index is 11.9. The zero-order valence-corrected chi connectivity index (χ0v) is 14.5. The molecule has 0 unspecified atom stereocenters. The van der Waals surface area contributed by atoms with Crippen LogP contribution in [0.3, 0.4) is 0 Å². The van der Waals surface area contributed by atoms with Crippen molar-refractivity contribution in [2.45, 2.75) is 23.3 Å². The molecule has 1 saturated heterocycles. The van der Waals surface area contributed by atoms with Gasteiger partial charge in [0.05, 0.1) is 5.75 Å². The Bertz CT molecular complexity index is 608. The van der Waals surface area contributed by atoms with Crippen LogP contribution in [-0.4, -0.2) is 47.4 Å². The van der Waals surface area contributed by atoms with Crippen LogP contribution in [0.2, 0.25) is 0 Å². The summed E-state index contributed by atoms with van der Waals surface area (Å²) in [4.78, 5) is 16.2. The fourth-order valence-corrected chi connectivity index (χ4v) is 4.10. The number of ether oxygens (including phenoxy) is 1. The number of carbonyl (C=O) groups is 1. The third kappa shape index (κ3) is 5.16. The van der Waals surface area contributed by atoms with Crippen LogP contribution in [0, 0.1) is 0 Å². The molecular weight excluding hydrogens is 332 g/mol. The largest absolute Gasteiger partial charge is 0.431 e. The predicted molar refractivity (Wildman–Crippen MR) is 94.0 cm³/mol. The predicted octanol–water partition coefficient (Wildman–Crippen LogP) is 2.95. The Balaban J connectivity index is 1.33. The Morgan fingerprint density at radius 2 is 2.13 bits per heavy atom. The molecule has 0 spiro atoms. The molecule has 3 rings (SSSR count). The van der Waals surface area contributed by atoms with Crippen molar-refractivity contribution in [1.82, 2.24) is 10.3 Å². The number of hydrogen-bond acceptors (Lipinski definition) is 6. The molecule has 1 aromatic carbocycles. The number of rotatable bonds is 7. The van der Waals surface area contributed by atoms with Gasteiger partial charge in [0, 0.05) is 30.8 Å². The number of nitrogens with zero attached hydrogens (tertiary/aromatic N) is 1. The Kier molecular flexibility index (Phi) is 6.24. The van der Waals surface area contributed by atoms with Crippen LogP contribution >= 0.6 is 23.5 Å². The van der Waals surface area contributed by atoms with Crippen molar-refractivity contribution in [1.29, 1.82) is 0 Å². The molecule has 1 aliphatic heterocycles. The molecule has 1 aliphatic rings. The molecule has 1 fully saturated rings. The number of carbonyl (C=O) groups excluding carboxylic acids is 1. The van der Waals surface area contributed by atoms with E-state index in [4.69, 9.17) is 9.15 Å². The monoisotopic (exact) mass is 352 g/mol. The SMILES string of the molecule is O=C(CSc1nc2ccccc2o1)NCCSC1CCOCC1. The highest BCUT2D eigenvalue weighted by Crippen LogP contribution is 2.23. The van der Waals surface area contributed by atoms with E-state index in [1.807, 2.05) is 36.0 Å². The minimum Gasteiger partial charge on any atom is -0.431 e. The molecule has 1 N–H and O–H groups in total. The summed E-state index contributed by atoms with van der Waals surface area (Å²) in [6.45, 7) is 2.44. The normalized spacial score (nSPS) is 15.8. The summed E-state index contributed by atoms with van der Waals surface area (Å²) < 4.78 is 10.9. The number of aromatic nitrogens is 1. The van der Waals surface area contributed by atoms with E-state index in [2.05, 4.69) is 10.3 Å². The molecule has 0 bridgehead atoms. The number of thioether (sulfide) groups is 2. The second-order valence-electron chi connectivity index (χ2n) is 5.27. The number of benzene rings is 1. The lowest BCUT2D eigenvalue weighted by atomic mass is 10.2. The Morgan fingerprint density at radius 3 is 2.96 bits per heavy atom. The van der Waals surface area contributed by atoms with Gasteiger partial charge in [-0.15, -0.1) is 0 Å². The molecule has 2 aromatic rings. The molecule has 0 aliphatic carbocycles. The first kappa shape index (κ1) is 16.7. The van der Waals surface area contributed by atoms with Gasteiger partial charge in [0.25, 0.3) is 5.22 Å². The van der Waals surface area contributed by atoms with Gasteiger partial charge in [0.2, 0.25) is 5.91 Å². The van der Waals surface area contributed by atoms with Gasteiger partial charge in [0.15, 0.2) is 5.58 Å². The van der Waals surface area contributed by atoms with Gasteiger partial charge in [-0.1, -0.05) is 23.9 Å².